The van der Waals surface area contributed by atoms with Crippen molar-refractivity contribution in [3.05, 3.63) is 35.9 Å². The molecule has 0 spiro atoms. The molecule has 8 nitrogen and oxygen atoms in total. The Morgan fingerprint density at radius 2 is 1.46 bits per heavy atom. The molecule has 2 aliphatic heterocycles. The molecule has 0 bridgehead atoms. The van der Waals surface area contributed by atoms with Crippen LogP contribution in [0.5, 0.6) is 0 Å². The van der Waals surface area contributed by atoms with Crippen molar-refractivity contribution < 1.29 is 9.53 Å². The zero-order chi connectivity index (χ0) is 20.0. The van der Waals surface area contributed by atoms with Crippen molar-refractivity contribution in [3.8, 4) is 0 Å². The minimum Gasteiger partial charge on any atom is -0.445 e. The number of rotatable bonds is 6. The summed E-state index contributed by atoms with van der Waals surface area (Å²) in [6.45, 7) is 11.5. The van der Waals surface area contributed by atoms with Gasteiger partial charge in [-0.1, -0.05) is 30.3 Å². The average molecular weight is 393 g/mol. The van der Waals surface area contributed by atoms with Crippen LogP contribution in [0.1, 0.15) is 5.56 Å². The summed E-state index contributed by atoms with van der Waals surface area (Å²) < 4.78 is 5.31. The van der Waals surface area contributed by atoms with Crippen LogP contribution in [0.2, 0.25) is 0 Å². The quantitative estimate of drug-likeness (QED) is 0.614. The fourth-order valence-corrected chi connectivity index (χ4v) is 3.26. The number of hydrogen-bond donors (Lipinski definition) is 3. The fraction of sp³-hybridized carbons (Fsp3) is 0.650. The molecule has 0 atom stereocenters. The Labute approximate surface area is 168 Å². The number of hydrogen-bond acceptors (Lipinski definition) is 7. The molecule has 2 heterocycles. The third-order valence-corrected chi connectivity index (χ3v) is 4.94. The molecule has 0 unspecified atom stereocenters. The van der Waals surface area contributed by atoms with E-state index in [1.807, 2.05) is 30.3 Å². The molecule has 2 saturated heterocycles. The SMILES string of the molecule is NCCN1CCN(C(=O)OCc2ccccc2)CC1.NCCN1CCNCC1. The van der Waals surface area contributed by atoms with Gasteiger partial charge >= 0.3 is 6.09 Å². The fourth-order valence-electron chi connectivity index (χ4n) is 3.26. The number of carbonyl (C=O) groups excluding carboxylic acids is 1. The highest BCUT2D eigenvalue weighted by Gasteiger charge is 2.21. The Bertz CT molecular complexity index is 528. The number of piperazine rings is 2. The van der Waals surface area contributed by atoms with Crippen molar-refractivity contribution in [2.45, 2.75) is 6.61 Å². The second-order valence-electron chi connectivity index (χ2n) is 7.04. The van der Waals surface area contributed by atoms with E-state index in [1.54, 1.807) is 4.90 Å². The Morgan fingerprint density at radius 1 is 0.893 bits per heavy atom. The van der Waals surface area contributed by atoms with Crippen LogP contribution in [-0.4, -0.2) is 99.3 Å². The predicted octanol–water partition coefficient (Wildman–Crippen LogP) is -0.250. The van der Waals surface area contributed by atoms with Crippen molar-refractivity contribution in [1.82, 2.24) is 20.0 Å². The van der Waals surface area contributed by atoms with Crippen molar-refractivity contribution in [2.24, 2.45) is 11.5 Å². The van der Waals surface area contributed by atoms with Gasteiger partial charge in [0.15, 0.2) is 0 Å². The topological polar surface area (TPSA) is 100 Å². The number of carbonyl (C=O) groups is 1. The van der Waals surface area contributed by atoms with Gasteiger partial charge in [0.05, 0.1) is 0 Å². The maximum Gasteiger partial charge on any atom is 0.410 e. The van der Waals surface area contributed by atoms with E-state index in [1.165, 1.54) is 0 Å². The van der Waals surface area contributed by atoms with Crippen LogP contribution < -0.4 is 16.8 Å². The smallest absolute Gasteiger partial charge is 0.410 e. The lowest BCUT2D eigenvalue weighted by Gasteiger charge is -2.33. The molecule has 2 aliphatic rings. The molecule has 28 heavy (non-hydrogen) atoms. The molecule has 0 radical (unpaired) electrons. The highest BCUT2D eigenvalue weighted by atomic mass is 16.6. The zero-order valence-corrected chi connectivity index (χ0v) is 16.9. The molecule has 8 heteroatoms. The zero-order valence-electron chi connectivity index (χ0n) is 16.9. The van der Waals surface area contributed by atoms with Crippen LogP contribution >= 0.6 is 0 Å². The maximum absolute atomic E-state index is 11.9. The Hall–Kier alpha value is -1.71. The van der Waals surface area contributed by atoms with E-state index in [9.17, 15) is 4.79 Å². The molecule has 5 N–H and O–H groups in total. The molecular formula is C20H36N6O2. The van der Waals surface area contributed by atoms with Crippen LogP contribution in [0.3, 0.4) is 0 Å². The summed E-state index contributed by atoms with van der Waals surface area (Å²) in [6, 6.07) is 9.73. The number of ether oxygens (including phenoxy) is 1. The van der Waals surface area contributed by atoms with E-state index >= 15 is 0 Å². The lowest BCUT2D eigenvalue weighted by molar-refractivity contribution is 0.0724. The molecule has 0 saturated carbocycles. The van der Waals surface area contributed by atoms with E-state index in [0.717, 1.165) is 64.5 Å². The van der Waals surface area contributed by atoms with Gasteiger partial charge in [0.1, 0.15) is 6.61 Å². The van der Waals surface area contributed by atoms with Gasteiger partial charge < -0.3 is 26.4 Å². The van der Waals surface area contributed by atoms with Crippen LogP contribution in [0.4, 0.5) is 4.79 Å². The molecular weight excluding hydrogens is 356 g/mol. The molecule has 1 aromatic carbocycles. The normalized spacial score (nSPS) is 18.3. The molecule has 0 aromatic heterocycles. The minimum atomic E-state index is -0.226. The first-order valence-corrected chi connectivity index (χ1v) is 10.2. The van der Waals surface area contributed by atoms with Crippen molar-refractivity contribution in [3.63, 3.8) is 0 Å². The van der Waals surface area contributed by atoms with Gasteiger partial charge in [0, 0.05) is 78.5 Å². The van der Waals surface area contributed by atoms with E-state index in [2.05, 4.69) is 15.1 Å². The Morgan fingerprint density at radius 3 is 2.04 bits per heavy atom. The van der Waals surface area contributed by atoms with Gasteiger partial charge in [-0.05, 0) is 5.56 Å². The van der Waals surface area contributed by atoms with Gasteiger partial charge in [-0.2, -0.15) is 0 Å². The van der Waals surface area contributed by atoms with Crippen LogP contribution in [0.15, 0.2) is 30.3 Å². The maximum atomic E-state index is 11.9. The average Bonchev–Trinajstić information content (AvgIpc) is 2.75. The van der Waals surface area contributed by atoms with Crippen LogP contribution in [0.25, 0.3) is 0 Å². The van der Waals surface area contributed by atoms with Crippen molar-refractivity contribution >= 4 is 6.09 Å². The summed E-state index contributed by atoms with van der Waals surface area (Å²) >= 11 is 0. The first-order chi connectivity index (χ1) is 13.7. The summed E-state index contributed by atoms with van der Waals surface area (Å²) in [4.78, 5) is 18.3. The standard InChI is InChI=1S/C14H21N3O2.C6H15N3/c15-6-7-16-8-10-17(11-9-16)14(18)19-12-13-4-2-1-3-5-13;7-1-4-9-5-2-8-3-6-9/h1-5H,6-12,15H2;8H,1-7H2. The highest BCUT2D eigenvalue weighted by Crippen LogP contribution is 2.06. The molecule has 1 amide bonds. The largest absolute Gasteiger partial charge is 0.445 e. The molecule has 1 aromatic rings. The number of nitrogens with two attached hydrogens (primary N) is 2. The molecule has 2 fully saturated rings. The van der Waals surface area contributed by atoms with E-state index in [4.69, 9.17) is 16.2 Å². The molecule has 158 valence electrons. The number of nitrogens with one attached hydrogen (secondary N) is 1. The lowest BCUT2D eigenvalue weighted by Crippen LogP contribution is -2.49. The summed E-state index contributed by atoms with van der Waals surface area (Å²) in [6.07, 6.45) is -0.226. The van der Waals surface area contributed by atoms with Gasteiger partial charge in [0.2, 0.25) is 0 Å². The van der Waals surface area contributed by atoms with Gasteiger partial charge in [0.25, 0.3) is 0 Å². The van der Waals surface area contributed by atoms with Crippen LogP contribution in [-0.2, 0) is 11.3 Å². The van der Waals surface area contributed by atoms with Crippen LogP contribution in [0, 0.1) is 0 Å². The summed E-state index contributed by atoms with van der Waals surface area (Å²) in [5.41, 5.74) is 11.9. The molecule has 3 rings (SSSR count). The minimum absolute atomic E-state index is 0.226. The number of nitrogens with zero attached hydrogens (tertiary/aromatic N) is 3. The second kappa shape index (κ2) is 13.5. The van der Waals surface area contributed by atoms with Gasteiger partial charge in [-0.15, -0.1) is 0 Å². The third kappa shape index (κ3) is 8.53. The lowest BCUT2D eigenvalue weighted by atomic mass is 10.2. The van der Waals surface area contributed by atoms with Gasteiger partial charge in [-0.3, -0.25) is 9.80 Å². The Balaban J connectivity index is 0.000000261. The first kappa shape index (κ1) is 22.6. The van der Waals surface area contributed by atoms with Gasteiger partial charge in [-0.25, -0.2) is 4.79 Å². The van der Waals surface area contributed by atoms with Crippen molar-refractivity contribution in [1.29, 1.82) is 0 Å². The predicted molar refractivity (Wildman–Crippen MR) is 112 cm³/mol. The Kier molecular flexibility index (Phi) is 10.9. The summed E-state index contributed by atoms with van der Waals surface area (Å²) in [5.74, 6) is 0. The monoisotopic (exact) mass is 392 g/mol. The van der Waals surface area contributed by atoms with Crippen molar-refractivity contribution in [2.75, 3.05) is 78.5 Å². The summed E-state index contributed by atoms with van der Waals surface area (Å²) in [5, 5.41) is 3.29. The van der Waals surface area contributed by atoms with E-state index in [0.29, 0.717) is 26.2 Å². The first-order valence-electron chi connectivity index (χ1n) is 10.2. The molecule has 0 aliphatic carbocycles. The highest BCUT2D eigenvalue weighted by molar-refractivity contribution is 5.67. The second-order valence-corrected chi connectivity index (χ2v) is 7.04. The number of benzene rings is 1. The summed E-state index contributed by atoms with van der Waals surface area (Å²) in [7, 11) is 0. The third-order valence-electron chi connectivity index (χ3n) is 4.94. The van der Waals surface area contributed by atoms with E-state index < -0.39 is 0 Å². The van der Waals surface area contributed by atoms with E-state index in [-0.39, 0.29) is 6.09 Å². The number of amides is 1.